The first kappa shape index (κ1) is 13.3. The minimum Gasteiger partial charge on any atom is -0.394 e. The average Bonchev–Trinajstić information content (AvgIpc) is 2.46. The lowest BCUT2D eigenvalue weighted by Gasteiger charge is -2.23. The van der Waals surface area contributed by atoms with E-state index in [1.54, 1.807) is 0 Å². The van der Waals surface area contributed by atoms with E-state index < -0.39 is 6.10 Å². The van der Waals surface area contributed by atoms with E-state index in [1.165, 1.54) is 18.4 Å². The van der Waals surface area contributed by atoms with Gasteiger partial charge in [0.25, 0.3) is 0 Å². The molecule has 0 spiro atoms. The van der Waals surface area contributed by atoms with E-state index in [0.29, 0.717) is 12.5 Å². The summed E-state index contributed by atoms with van der Waals surface area (Å²) in [5, 5.41) is 24.5. The Morgan fingerprint density at radius 2 is 2.11 bits per heavy atom. The summed E-state index contributed by atoms with van der Waals surface area (Å²) in [6.07, 6.45) is 1.79. The maximum atomic E-state index is 9.26. The zero-order valence-corrected chi connectivity index (χ0v) is 10.6. The summed E-state index contributed by atoms with van der Waals surface area (Å²) in [6, 6.07) is 8.36. The molecule has 1 aliphatic rings. The fourth-order valence-electron chi connectivity index (χ4n) is 2.31. The molecule has 1 fully saturated rings. The number of aliphatic hydroxyl groups excluding tert-OH is 2. The van der Waals surface area contributed by atoms with E-state index in [0.717, 1.165) is 18.8 Å². The van der Waals surface area contributed by atoms with Gasteiger partial charge in [-0.2, -0.15) is 0 Å². The molecule has 1 aromatic rings. The van der Waals surface area contributed by atoms with Crippen LogP contribution in [0.1, 0.15) is 24.3 Å². The summed E-state index contributed by atoms with van der Waals surface area (Å²) in [6.45, 7) is 2.37. The van der Waals surface area contributed by atoms with Crippen LogP contribution in [0.4, 0.5) is 5.69 Å². The molecule has 0 aliphatic carbocycles. The first-order valence-corrected chi connectivity index (χ1v) is 6.63. The van der Waals surface area contributed by atoms with Crippen molar-refractivity contribution < 1.29 is 10.2 Å². The van der Waals surface area contributed by atoms with Crippen LogP contribution in [-0.2, 0) is 0 Å². The van der Waals surface area contributed by atoms with Crippen LogP contribution in [0.25, 0.3) is 0 Å². The van der Waals surface area contributed by atoms with E-state index in [9.17, 15) is 5.11 Å². The molecule has 18 heavy (non-hydrogen) atoms. The molecule has 4 heteroatoms. The van der Waals surface area contributed by atoms with Gasteiger partial charge < -0.3 is 20.8 Å². The van der Waals surface area contributed by atoms with Crippen LogP contribution in [0.3, 0.4) is 0 Å². The minimum atomic E-state index is -0.702. The summed E-state index contributed by atoms with van der Waals surface area (Å²) in [4.78, 5) is 0. The van der Waals surface area contributed by atoms with Gasteiger partial charge in [-0.05, 0) is 43.0 Å². The molecular formula is C14H22N2O2. The minimum absolute atomic E-state index is 0.209. The number of benzene rings is 1. The molecule has 0 radical (unpaired) electrons. The van der Waals surface area contributed by atoms with Crippen molar-refractivity contribution >= 4 is 5.69 Å². The van der Waals surface area contributed by atoms with Gasteiger partial charge in [0.1, 0.15) is 0 Å². The summed E-state index contributed by atoms with van der Waals surface area (Å²) < 4.78 is 0. The standard InChI is InChI=1S/C14H22N2O2/c17-10-14(18)9-16-13-5-3-11(4-6-13)12-2-1-7-15-8-12/h3-6,12,14-18H,1-2,7-10H2. The van der Waals surface area contributed by atoms with Gasteiger partial charge in [0.2, 0.25) is 0 Å². The third kappa shape index (κ3) is 3.70. The van der Waals surface area contributed by atoms with Crippen LogP contribution < -0.4 is 10.6 Å². The second kappa shape index (κ2) is 6.73. The van der Waals surface area contributed by atoms with Crippen molar-refractivity contribution in [3.8, 4) is 0 Å². The first-order chi connectivity index (χ1) is 8.79. The van der Waals surface area contributed by atoms with Gasteiger partial charge >= 0.3 is 0 Å². The van der Waals surface area contributed by atoms with E-state index in [2.05, 4.69) is 22.8 Å². The Bertz CT molecular complexity index is 347. The lowest BCUT2D eigenvalue weighted by molar-refractivity contribution is 0.105. The second-order valence-electron chi connectivity index (χ2n) is 4.88. The van der Waals surface area contributed by atoms with E-state index >= 15 is 0 Å². The molecule has 2 unspecified atom stereocenters. The molecule has 0 bridgehead atoms. The number of anilines is 1. The molecule has 0 saturated carbocycles. The van der Waals surface area contributed by atoms with Crippen LogP contribution in [-0.4, -0.2) is 42.6 Å². The predicted molar refractivity (Wildman–Crippen MR) is 72.9 cm³/mol. The van der Waals surface area contributed by atoms with Gasteiger partial charge in [0, 0.05) is 18.8 Å². The number of hydrogen-bond acceptors (Lipinski definition) is 4. The highest BCUT2D eigenvalue weighted by Crippen LogP contribution is 2.24. The van der Waals surface area contributed by atoms with Crippen molar-refractivity contribution in [2.45, 2.75) is 24.9 Å². The Hall–Kier alpha value is -1.10. The fourth-order valence-corrected chi connectivity index (χ4v) is 2.31. The van der Waals surface area contributed by atoms with E-state index in [-0.39, 0.29) is 6.61 Å². The van der Waals surface area contributed by atoms with Gasteiger partial charge in [-0.3, -0.25) is 0 Å². The summed E-state index contributed by atoms with van der Waals surface area (Å²) in [5.74, 6) is 0.621. The third-order valence-electron chi connectivity index (χ3n) is 3.43. The van der Waals surface area contributed by atoms with Gasteiger partial charge in [0.15, 0.2) is 0 Å². The molecule has 4 N–H and O–H groups in total. The van der Waals surface area contributed by atoms with Gasteiger partial charge in [0.05, 0.1) is 12.7 Å². The lowest BCUT2D eigenvalue weighted by atomic mass is 9.92. The van der Waals surface area contributed by atoms with Crippen LogP contribution >= 0.6 is 0 Å². The van der Waals surface area contributed by atoms with Crippen molar-refractivity contribution in [1.82, 2.24) is 5.32 Å². The first-order valence-electron chi connectivity index (χ1n) is 6.63. The lowest BCUT2D eigenvalue weighted by Crippen LogP contribution is -2.28. The Labute approximate surface area is 108 Å². The molecule has 1 saturated heterocycles. The maximum absolute atomic E-state index is 9.26. The predicted octanol–water partition coefficient (Wildman–Crippen LogP) is 0.919. The molecule has 100 valence electrons. The Balaban J connectivity index is 1.88. The Kier molecular flexibility index (Phi) is 4.99. The SMILES string of the molecule is OCC(O)CNc1ccc(C2CCCNC2)cc1. The molecule has 0 aromatic heterocycles. The maximum Gasteiger partial charge on any atom is 0.0942 e. The summed E-state index contributed by atoms with van der Waals surface area (Å²) >= 11 is 0. The van der Waals surface area contributed by atoms with Crippen LogP contribution in [0.15, 0.2) is 24.3 Å². The Morgan fingerprint density at radius 1 is 1.33 bits per heavy atom. The number of aliphatic hydroxyl groups is 2. The van der Waals surface area contributed by atoms with Crippen molar-refractivity contribution in [2.24, 2.45) is 0 Å². The van der Waals surface area contributed by atoms with E-state index in [4.69, 9.17) is 5.11 Å². The largest absolute Gasteiger partial charge is 0.394 e. The number of rotatable bonds is 5. The second-order valence-corrected chi connectivity index (χ2v) is 4.88. The quantitative estimate of drug-likeness (QED) is 0.627. The zero-order chi connectivity index (χ0) is 12.8. The van der Waals surface area contributed by atoms with E-state index in [1.807, 2.05) is 12.1 Å². The number of piperidine rings is 1. The van der Waals surface area contributed by atoms with Gasteiger partial charge in [-0.1, -0.05) is 12.1 Å². The highest BCUT2D eigenvalue weighted by atomic mass is 16.3. The molecule has 1 heterocycles. The number of hydrogen-bond donors (Lipinski definition) is 4. The fraction of sp³-hybridized carbons (Fsp3) is 0.571. The summed E-state index contributed by atoms with van der Waals surface area (Å²) in [7, 11) is 0. The van der Waals surface area contributed by atoms with Crippen LogP contribution in [0.5, 0.6) is 0 Å². The zero-order valence-electron chi connectivity index (χ0n) is 10.6. The topological polar surface area (TPSA) is 64.5 Å². The van der Waals surface area contributed by atoms with Crippen molar-refractivity contribution in [2.75, 3.05) is 31.6 Å². The third-order valence-corrected chi connectivity index (χ3v) is 3.43. The van der Waals surface area contributed by atoms with Gasteiger partial charge in [-0.25, -0.2) is 0 Å². The molecule has 1 aromatic carbocycles. The van der Waals surface area contributed by atoms with Crippen LogP contribution in [0.2, 0.25) is 0 Å². The Morgan fingerprint density at radius 3 is 2.72 bits per heavy atom. The molecular weight excluding hydrogens is 228 g/mol. The normalized spacial score (nSPS) is 21.6. The molecule has 2 rings (SSSR count). The number of nitrogens with one attached hydrogen (secondary N) is 2. The molecule has 2 atom stereocenters. The van der Waals surface area contributed by atoms with Crippen molar-refractivity contribution in [1.29, 1.82) is 0 Å². The molecule has 0 amide bonds. The van der Waals surface area contributed by atoms with Crippen LogP contribution in [0, 0.1) is 0 Å². The smallest absolute Gasteiger partial charge is 0.0942 e. The highest BCUT2D eigenvalue weighted by Gasteiger charge is 2.14. The molecule has 1 aliphatic heterocycles. The molecule has 4 nitrogen and oxygen atoms in total. The highest BCUT2D eigenvalue weighted by molar-refractivity contribution is 5.45. The monoisotopic (exact) mass is 250 g/mol. The van der Waals surface area contributed by atoms with Crippen molar-refractivity contribution in [3.63, 3.8) is 0 Å². The van der Waals surface area contributed by atoms with Gasteiger partial charge in [-0.15, -0.1) is 0 Å². The summed E-state index contributed by atoms with van der Waals surface area (Å²) in [5.41, 5.74) is 2.35. The average molecular weight is 250 g/mol. The van der Waals surface area contributed by atoms with Crippen molar-refractivity contribution in [3.05, 3.63) is 29.8 Å².